The number of para-hydroxylation sites is 1. The van der Waals surface area contributed by atoms with Crippen molar-refractivity contribution in [2.24, 2.45) is 5.92 Å². The van der Waals surface area contributed by atoms with E-state index in [0.717, 1.165) is 23.0 Å². The van der Waals surface area contributed by atoms with E-state index < -0.39 is 0 Å². The molecule has 14 heavy (non-hydrogen) atoms. The fourth-order valence-electron chi connectivity index (χ4n) is 1.56. The monoisotopic (exact) mass is 184 g/mol. The van der Waals surface area contributed by atoms with E-state index in [1.807, 2.05) is 30.3 Å². The Hall–Kier alpha value is -1.37. The lowest BCUT2D eigenvalue weighted by molar-refractivity contribution is 0.637. The Kier molecular flexibility index (Phi) is 2.49. The number of aromatic nitrogens is 1. The summed E-state index contributed by atoms with van der Waals surface area (Å²) in [5.74, 6) is 0.650. The van der Waals surface area contributed by atoms with Gasteiger partial charge in [0.1, 0.15) is 0 Å². The maximum absolute atomic E-state index is 4.58. The summed E-state index contributed by atoms with van der Waals surface area (Å²) in [7, 11) is 0. The van der Waals surface area contributed by atoms with Crippen LogP contribution in [0.1, 0.15) is 19.5 Å². The highest BCUT2D eigenvalue weighted by atomic mass is 14.7. The van der Waals surface area contributed by atoms with Crippen LogP contribution >= 0.6 is 0 Å². The third kappa shape index (κ3) is 1.92. The second-order valence-electron chi connectivity index (χ2n) is 4.01. The summed E-state index contributed by atoms with van der Waals surface area (Å²) in [6.07, 6.45) is 1.03. The van der Waals surface area contributed by atoms with Crippen LogP contribution in [0.25, 0.3) is 10.9 Å². The summed E-state index contributed by atoms with van der Waals surface area (Å²) in [5.41, 5.74) is 2.18. The predicted octanol–water partition coefficient (Wildman–Crippen LogP) is 3.23. The summed E-state index contributed by atoms with van der Waals surface area (Å²) < 4.78 is 0. The molecule has 0 aliphatic heterocycles. The lowest BCUT2D eigenvalue weighted by Gasteiger charge is -2.04. The highest BCUT2D eigenvalue weighted by molar-refractivity contribution is 5.77. The van der Waals surface area contributed by atoms with Gasteiger partial charge in [0, 0.05) is 11.1 Å². The Morgan fingerprint density at radius 3 is 2.86 bits per heavy atom. The molecule has 0 saturated carbocycles. The number of hydrogen-bond donors (Lipinski definition) is 0. The first-order valence-corrected chi connectivity index (χ1v) is 5.02. The van der Waals surface area contributed by atoms with E-state index in [0.29, 0.717) is 5.92 Å². The molecule has 0 fully saturated rings. The summed E-state index contributed by atoms with van der Waals surface area (Å²) in [6, 6.07) is 13.4. The number of rotatable bonds is 2. The Bertz CT molecular complexity index is 432. The average Bonchev–Trinajstić information content (AvgIpc) is 2.17. The highest BCUT2D eigenvalue weighted by Crippen LogP contribution is 2.13. The molecule has 0 atom stereocenters. The molecule has 0 aliphatic carbocycles. The smallest absolute Gasteiger partial charge is 0.0711 e. The Balaban J connectivity index is 2.41. The zero-order chi connectivity index (χ0) is 9.97. The molecule has 1 aromatic heterocycles. The Labute approximate surface area is 84.8 Å². The number of nitrogens with zero attached hydrogens (tertiary/aromatic N) is 1. The van der Waals surface area contributed by atoms with Crippen LogP contribution in [-0.4, -0.2) is 4.98 Å². The van der Waals surface area contributed by atoms with E-state index in [9.17, 15) is 0 Å². The van der Waals surface area contributed by atoms with E-state index in [-0.39, 0.29) is 0 Å². The molecule has 1 aromatic carbocycles. The molecule has 2 aromatic rings. The Morgan fingerprint density at radius 2 is 2.07 bits per heavy atom. The van der Waals surface area contributed by atoms with E-state index >= 15 is 0 Å². The minimum atomic E-state index is 0.650. The van der Waals surface area contributed by atoms with Gasteiger partial charge in [-0.1, -0.05) is 32.0 Å². The molecule has 1 radical (unpaired) electrons. The van der Waals surface area contributed by atoms with E-state index in [1.54, 1.807) is 0 Å². The molecule has 0 spiro atoms. The van der Waals surface area contributed by atoms with Gasteiger partial charge in [-0.15, -0.1) is 0 Å². The molecule has 1 heterocycles. The lowest BCUT2D eigenvalue weighted by Crippen LogP contribution is -1.97. The number of benzene rings is 1. The molecule has 2 rings (SSSR count). The summed E-state index contributed by atoms with van der Waals surface area (Å²) >= 11 is 0. The molecule has 0 saturated heterocycles. The first kappa shape index (κ1) is 9.20. The van der Waals surface area contributed by atoms with Gasteiger partial charge in [0.05, 0.1) is 5.52 Å². The normalized spacial score (nSPS) is 11.1. The second kappa shape index (κ2) is 3.79. The van der Waals surface area contributed by atoms with Crippen molar-refractivity contribution in [1.29, 1.82) is 0 Å². The SMILES string of the molecule is CC(C)Cc1c[c]c2ccccc2n1. The third-order valence-corrected chi connectivity index (χ3v) is 2.18. The fourth-order valence-corrected chi connectivity index (χ4v) is 1.56. The lowest BCUT2D eigenvalue weighted by atomic mass is 10.1. The van der Waals surface area contributed by atoms with E-state index in [2.05, 4.69) is 24.9 Å². The van der Waals surface area contributed by atoms with Gasteiger partial charge in [0.15, 0.2) is 0 Å². The van der Waals surface area contributed by atoms with E-state index in [4.69, 9.17) is 0 Å². The van der Waals surface area contributed by atoms with Crippen LogP contribution in [0.4, 0.5) is 0 Å². The number of pyridine rings is 1. The van der Waals surface area contributed by atoms with Crippen molar-refractivity contribution < 1.29 is 0 Å². The van der Waals surface area contributed by atoms with Gasteiger partial charge in [0.25, 0.3) is 0 Å². The van der Waals surface area contributed by atoms with Crippen LogP contribution in [-0.2, 0) is 6.42 Å². The summed E-state index contributed by atoms with van der Waals surface area (Å²) in [6.45, 7) is 4.41. The van der Waals surface area contributed by atoms with Crippen molar-refractivity contribution in [2.45, 2.75) is 20.3 Å². The van der Waals surface area contributed by atoms with Gasteiger partial charge in [-0.2, -0.15) is 0 Å². The first-order valence-electron chi connectivity index (χ1n) is 5.02. The summed E-state index contributed by atoms with van der Waals surface area (Å²) in [4.78, 5) is 4.58. The zero-order valence-corrected chi connectivity index (χ0v) is 8.62. The fraction of sp³-hybridized carbons (Fsp3) is 0.308. The molecule has 1 heteroatoms. The average molecular weight is 184 g/mol. The quantitative estimate of drug-likeness (QED) is 0.698. The van der Waals surface area contributed by atoms with Gasteiger partial charge in [-0.25, -0.2) is 0 Å². The molecule has 0 N–H and O–H groups in total. The van der Waals surface area contributed by atoms with Crippen LogP contribution in [0.2, 0.25) is 0 Å². The van der Waals surface area contributed by atoms with E-state index in [1.165, 1.54) is 0 Å². The summed E-state index contributed by atoms with van der Waals surface area (Å²) in [5, 5.41) is 1.10. The standard InChI is InChI=1S/C13H14N/c1-10(2)9-12-8-7-11-5-3-4-6-13(11)14-12/h3-6,8,10H,9H2,1-2H3. The first-order chi connectivity index (χ1) is 6.75. The molecule has 1 nitrogen and oxygen atoms in total. The van der Waals surface area contributed by atoms with Gasteiger partial charge in [-0.05, 0) is 30.5 Å². The molecule has 0 aliphatic rings. The van der Waals surface area contributed by atoms with Crippen LogP contribution in [0.15, 0.2) is 30.3 Å². The highest BCUT2D eigenvalue weighted by Gasteiger charge is 2.00. The molecule has 0 bridgehead atoms. The van der Waals surface area contributed by atoms with Crippen molar-refractivity contribution in [2.75, 3.05) is 0 Å². The van der Waals surface area contributed by atoms with Crippen LogP contribution in [0.3, 0.4) is 0 Å². The van der Waals surface area contributed by atoms with Gasteiger partial charge >= 0.3 is 0 Å². The third-order valence-electron chi connectivity index (χ3n) is 2.18. The van der Waals surface area contributed by atoms with Gasteiger partial charge in [-0.3, -0.25) is 4.98 Å². The van der Waals surface area contributed by atoms with Crippen LogP contribution in [0.5, 0.6) is 0 Å². The van der Waals surface area contributed by atoms with Gasteiger partial charge < -0.3 is 0 Å². The maximum atomic E-state index is 4.58. The molecular weight excluding hydrogens is 170 g/mol. The predicted molar refractivity (Wildman–Crippen MR) is 59.1 cm³/mol. The topological polar surface area (TPSA) is 12.9 Å². The minimum Gasteiger partial charge on any atom is -0.253 e. The van der Waals surface area contributed by atoms with Crippen molar-refractivity contribution in [3.8, 4) is 0 Å². The largest absolute Gasteiger partial charge is 0.253 e. The maximum Gasteiger partial charge on any atom is 0.0711 e. The number of hydrogen-bond acceptors (Lipinski definition) is 1. The van der Waals surface area contributed by atoms with Gasteiger partial charge in [0.2, 0.25) is 0 Å². The Morgan fingerprint density at radius 1 is 1.29 bits per heavy atom. The molecular formula is C13H14N. The minimum absolute atomic E-state index is 0.650. The van der Waals surface area contributed by atoms with Crippen molar-refractivity contribution >= 4 is 10.9 Å². The molecule has 0 amide bonds. The van der Waals surface area contributed by atoms with Crippen LogP contribution in [0, 0.1) is 12.0 Å². The second-order valence-corrected chi connectivity index (χ2v) is 4.01. The molecule has 71 valence electrons. The van der Waals surface area contributed by atoms with Crippen molar-refractivity contribution in [1.82, 2.24) is 4.98 Å². The molecule has 0 unspecified atom stereocenters. The number of fused-ring (bicyclic) bond motifs is 1. The zero-order valence-electron chi connectivity index (χ0n) is 8.62. The van der Waals surface area contributed by atoms with Crippen molar-refractivity contribution in [3.63, 3.8) is 0 Å². The van der Waals surface area contributed by atoms with Crippen LogP contribution < -0.4 is 0 Å². The van der Waals surface area contributed by atoms with Crippen molar-refractivity contribution in [3.05, 3.63) is 42.1 Å².